The van der Waals surface area contributed by atoms with Crippen molar-refractivity contribution in [3.8, 4) is 10.8 Å². The maximum Gasteiger partial charge on any atom is 0.373 e. The lowest BCUT2D eigenvalue weighted by atomic mass is 10.4. The number of halogens is 1. The van der Waals surface area contributed by atoms with Crippen LogP contribution in [-0.4, -0.2) is 16.1 Å². The molecule has 2 aromatic heterocycles. The molecule has 0 bridgehead atoms. The van der Waals surface area contributed by atoms with E-state index in [0.29, 0.717) is 15.6 Å². The van der Waals surface area contributed by atoms with Crippen molar-refractivity contribution in [1.29, 1.82) is 0 Å². The van der Waals surface area contributed by atoms with Crippen LogP contribution in [0.15, 0.2) is 15.9 Å². The fraction of sp³-hybridized carbons (Fsp3) is 0.111. The van der Waals surface area contributed by atoms with Crippen LogP contribution in [0.5, 0.6) is 0 Å². The molecule has 0 aliphatic heterocycles. The van der Waals surface area contributed by atoms with Crippen molar-refractivity contribution < 1.29 is 14.3 Å². The monoisotopic (exact) mass is 243 g/mol. The topological polar surface area (TPSA) is 63.3 Å². The average Bonchev–Trinajstić information content (AvgIpc) is 2.71. The van der Waals surface area contributed by atoms with Gasteiger partial charge in [0.15, 0.2) is 0 Å². The van der Waals surface area contributed by atoms with Crippen LogP contribution in [0.2, 0.25) is 5.02 Å². The molecular formula is C9H6ClNO3S. The number of hydrogen-bond acceptors (Lipinski definition) is 4. The zero-order valence-corrected chi connectivity index (χ0v) is 9.22. The Labute approximate surface area is 94.1 Å². The van der Waals surface area contributed by atoms with Crippen molar-refractivity contribution >= 4 is 28.9 Å². The van der Waals surface area contributed by atoms with Gasteiger partial charge in [-0.15, -0.1) is 11.3 Å². The minimum absolute atomic E-state index is 0.144. The van der Waals surface area contributed by atoms with Gasteiger partial charge in [0.2, 0.25) is 11.7 Å². The van der Waals surface area contributed by atoms with Crippen molar-refractivity contribution in [3.63, 3.8) is 0 Å². The molecule has 2 aromatic rings. The van der Waals surface area contributed by atoms with Crippen LogP contribution in [0, 0.1) is 6.92 Å². The second-order valence-corrected chi connectivity index (χ2v) is 4.16. The van der Waals surface area contributed by atoms with Crippen LogP contribution in [0.3, 0.4) is 0 Å². The normalized spacial score (nSPS) is 10.5. The average molecular weight is 244 g/mol. The Morgan fingerprint density at radius 3 is 2.87 bits per heavy atom. The smallest absolute Gasteiger partial charge is 0.373 e. The van der Waals surface area contributed by atoms with Gasteiger partial charge in [0, 0.05) is 0 Å². The Bertz CT molecular complexity index is 517. The van der Waals surface area contributed by atoms with E-state index in [1.807, 2.05) is 0 Å². The Morgan fingerprint density at radius 1 is 1.67 bits per heavy atom. The maximum absolute atomic E-state index is 10.7. The van der Waals surface area contributed by atoms with Crippen LogP contribution in [0.25, 0.3) is 10.8 Å². The zero-order valence-electron chi connectivity index (χ0n) is 7.65. The van der Waals surface area contributed by atoms with Gasteiger partial charge in [0.05, 0.1) is 10.7 Å². The third-order valence-electron chi connectivity index (χ3n) is 1.80. The van der Waals surface area contributed by atoms with E-state index in [-0.39, 0.29) is 11.7 Å². The summed E-state index contributed by atoms with van der Waals surface area (Å²) in [6.45, 7) is 1.58. The molecule has 0 saturated carbocycles. The van der Waals surface area contributed by atoms with E-state index in [1.54, 1.807) is 18.4 Å². The SMILES string of the molecule is Cc1nc(-c2sccc2Cl)oc1C(=O)O. The van der Waals surface area contributed by atoms with Crippen LogP contribution in [0.4, 0.5) is 0 Å². The van der Waals surface area contributed by atoms with E-state index < -0.39 is 5.97 Å². The molecule has 15 heavy (non-hydrogen) atoms. The highest BCUT2D eigenvalue weighted by Crippen LogP contribution is 2.33. The lowest BCUT2D eigenvalue weighted by molar-refractivity contribution is 0.0662. The van der Waals surface area contributed by atoms with Crippen molar-refractivity contribution in [2.75, 3.05) is 0 Å². The first-order valence-electron chi connectivity index (χ1n) is 4.03. The van der Waals surface area contributed by atoms with E-state index in [1.165, 1.54) is 11.3 Å². The van der Waals surface area contributed by atoms with Gasteiger partial charge in [0.25, 0.3) is 0 Å². The molecule has 4 nitrogen and oxygen atoms in total. The van der Waals surface area contributed by atoms with E-state index in [0.717, 1.165) is 0 Å². The van der Waals surface area contributed by atoms with Crippen LogP contribution in [0.1, 0.15) is 16.2 Å². The zero-order chi connectivity index (χ0) is 11.0. The van der Waals surface area contributed by atoms with Gasteiger partial charge in [-0.1, -0.05) is 11.6 Å². The summed E-state index contributed by atoms with van der Waals surface area (Å²) in [5, 5.41) is 11.1. The first-order chi connectivity index (χ1) is 7.09. The Hall–Kier alpha value is -1.33. The van der Waals surface area contributed by atoms with Crippen molar-refractivity contribution in [2.45, 2.75) is 6.92 Å². The van der Waals surface area contributed by atoms with E-state index in [9.17, 15) is 4.79 Å². The molecule has 0 fully saturated rings. The number of carboxylic acid groups (broad SMARTS) is 1. The number of carboxylic acids is 1. The Kier molecular flexibility index (Phi) is 2.50. The minimum Gasteiger partial charge on any atom is -0.475 e. The first-order valence-corrected chi connectivity index (χ1v) is 5.29. The van der Waals surface area contributed by atoms with Crippen molar-refractivity contribution in [1.82, 2.24) is 4.98 Å². The highest BCUT2D eigenvalue weighted by molar-refractivity contribution is 7.14. The molecule has 0 unspecified atom stereocenters. The summed E-state index contributed by atoms with van der Waals surface area (Å²) in [5.41, 5.74) is 0.349. The third kappa shape index (κ3) is 1.75. The lowest BCUT2D eigenvalue weighted by Gasteiger charge is -1.89. The summed E-state index contributed by atoms with van der Waals surface area (Å²) in [6.07, 6.45) is 0. The molecule has 0 amide bonds. The molecule has 2 rings (SSSR count). The van der Waals surface area contributed by atoms with E-state index in [2.05, 4.69) is 4.98 Å². The molecule has 0 atom stereocenters. The molecule has 0 aliphatic carbocycles. The Balaban J connectivity index is 2.52. The van der Waals surface area contributed by atoms with E-state index >= 15 is 0 Å². The van der Waals surface area contributed by atoms with Gasteiger partial charge in [-0.2, -0.15) is 0 Å². The van der Waals surface area contributed by atoms with E-state index in [4.69, 9.17) is 21.1 Å². The fourth-order valence-corrected chi connectivity index (χ4v) is 2.20. The second-order valence-electron chi connectivity index (χ2n) is 2.84. The molecule has 0 radical (unpaired) electrons. The number of aromatic carboxylic acids is 1. The standard InChI is InChI=1S/C9H6ClNO3S/c1-4-6(9(12)13)14-8(11-4)7-5(10)2-3-15-7/h2-3H,1H3,(H,12,13). The van der Waals surface area contributed by atoms with Crippen LogP contribution in [-0.2, 0) is 0 Å². The minimum atomic E-state index is -1.13. The van der Waals surface area contributed by atoms with Gasteiger partial charge in [-0.05, 0) is 18.4 Å². The number of carbonyl (C=O) groups is 1. The molecule has 0 aliphatic rings. The Morgan fingerprint density at radius 2 is 2.40 bits per heavy atom. The molecule has 78 valence electrons. The molecule has 1 N–H and O–H groups in total. The van der Waals surface area contributed by atoms with Gasteiger partial charge in [0.1, 0.15) is 4.88 Å². The summed E-state index contributed by atoms with van der Waals surface area (Å²) < 4.78 is 5.12. The van der Waals surface area contributed by atoms with Gasteiger partial charge in [-0.25, -0.2) is 9.78 Å². The number of aromatic nitrogens is 1. The third-order valence-corrected chi connectivity index (χ3v) is 3.13. The number of oxazole rings is 1. The number of rotatable bonds is 2. The quantitative estimate of drug-likeness (QED) is 0.881. The summed E-state index contributed by atoms with van der Waals surface area (Å²) in [5.74, 6) is -1.02. The lowest BCUT2D eigenvalue weighted by Crippen LogP contribution is -1.95. The number of aryl methyl sites for hydroxylation is 1. The summed E-state index contributed by atoms with van der Waals surface area (Å²) >= 11 is 7.23. The highest BCUT2D eigenvalue weighted by Gasteiger charge is 2.19. The molecular weight excluding hydrogens is 238 g/mol. The van der Waals surface area contributed by atoms with Gasteiger partial charge < -0.3 is 9.52 Å². The van der Waals surface area contributed by atoms with Crippen LogP contribution < -0.4 is 0 Å². The van der Waals surface area contributed by atoms with Gasteiger partial charge >= 0.3 is 5.97 Å². The number of thiophene rings is 1. The number of nitrogens with zero attached hydrogens (tertiary/aromatic N) is 1. The number of hydrogen-bond donors (Lipinski definition) is 1. The van der Waals surface area contributed by atoms with Crippen molar-refractivity contribution in [2.24, 2.45) is 0 Å². The molecule has 0 spiro atoms. The molecule has 6 heteroatoms. The second kappa shape index (κ2) is 3.67. The first kappa shape index (κ1) is 10.2. The largest absolute Gasteiger partial charge is 0.475 e. The summed E-state index contributed by atoms with van der Waals surface area (Å²) in [7, 11) is 0. The van der Waals surface area contributed by atoms with Gasteiger partial charge in [-0.3, -0.25) is 0 Å². The van der Waals surface area contributed by atoms with Crippen LogP contribution >= 0.6 is 22.9 Å². The van der Waals surface area contributed by atoms with Crippen molar-refractivity contribution in [3.05, 3.63) is 27.9 Å². The molecule has 2 heterocycles. The summed E-state index contributed by atoms with van der Waals surface area (Å²) in [6, 6.07) is 1.71. The molecule has 0 saturated heterocycles. The highest BCUT2D eigenvalue weighted by atomic mass is 35.5. The fourth-order valence-electron chi connectivity index (χ4n) is 1.14. The predicted molar refractivity (Wildman–Crippen MR) is 56.5 cm³/mol. The maximum atomic E-state index is 10.7. The molecule has 0 aromatic carbocycles. The predicted octanol–water partition coefficient (Wildman–Crippen LogP) is 3.06. The summed E-state index contributed by atoms with van der Waals surface area (Å²) in [4.78, 5) is 15.4.